The van der Waals surface area contributed by atoms with Gasteiger partial charge in [0.1, 0.15) is 0 Å². The van der Waals surface area contributed by atoms with Crippen LogP contribution in [0.5, 0.6) is 0 Å². The Bertz CT molecular complexity index is 634. The smallest absolute Gasteiger partial charge is 0.317 e. The van der Waals surface area contributed by atoms with E-state index < -0.39 is 0 Å². The Balaban J connectivity index is 1.47. The highest BCUT2D eigenvalue weighted by Gasteiger charge is 2.29. The summed E-state index contributed by atoms with van der Waals surface area (Å²) < 4.78 is 5.39. The van der Waals surface area contributed by atoms with E-state index in [1.807, 2.05) is 34.1 Å². The third kappa shape index (κ3) is 3.95. The van der Waals surface area contributed by atoms with Gasteiger partial charge in [-0.2, -0.15) is 0 Å². The minimum Gasteiger partial charge on any atom is -0.381 e. The molecular formula is C19H27N3O3. The molecule has 1 aromatic carbocycles. The molecule has 1 saturated heterocycles. The summed E-state index contributed by atoms with van der Waals surface area (Å²) in [6.07, 6.45) is 2.85. The van der Waals surface area contributed by atoms with E-state index in [1.165, 1.54) is 0 Å². The molecular weight excluding hydrogens is 318 g/mol. The summed E-state index contributed by atoms with van der Waals surface area (Å²) in [5.41, 5.74) is 1.90. The zero-order chi connectivity index (χ0) is 17.8. The predicted octanol–water partition coefficient (Wildman–Crippen LogP) is 1.89. The number of amides is 3. The van der Waals surface area contributed by atoms with Gasteiger partial charge in [-0.1, -0.05) is 18.2 Å². The molecule has 0 unspecified atom stereocenters. The number of methoxy groups -OCH3 is 1. The highest BCUT2D eigenvalue weighted by atomic mass is 16.5. The number of piperidine rings is 1. The molecule has 2 aliphatic rings. The molecule has 136 valence electrons. The molecule has 0 aliphatic carbocycles. The molecule has 3 amide bonds. The summed E-state index contributed by atoms with van der Waals surface area (Å²) in [4.78, 5) is 28.6. The van der Waals surface area contributed by atoms with Gasteiger partial charge in [-0.05, 0) is 37.8 Å². The number of nitrogens with zero attached hydrogens (tertiary/aromatic N) is 2. The van der Waals surface area contributed by atoms with Gasteiger partial charge in [-0.3, -0.25) is 4.79 Å². The van der Waals surface area contributed by atoms with Crippen molar-refractivity contribution in [3.05, 3.63) is 35.4 Å². The van der Waals surface area contributed by atoms with Gasteiger partial charge in [-0.15, -0.1) is 0 Å². The van der Waals surface area contributed by atoms with Crippen LogP contribution in [0.2, 0.25) is 0 Å². The van der Waals surface area contributed by atoms with E-state index in [-0.39, 0.29) is 24.1 Å². The number of carbonyl (C=O) groups is 2. The molecule has 0 bridgehead atoms. The second-order valence-electron chi connectivity index (χ2n) is 6.86. The van der Waals surface area contributed by atoms with Gasteiger partial charge in [0.25, 0.3) is 5.91 Å². The molecule has 0 aromatic heterocycles. The molecule has 2 heterocycles. The Morgan fingerprint density at radius 1 is 1.32 bits per heavy atom. The van der Waals surface area contributed by atoms with Crippen molar-refractivity contribution in [2.24, 2.45) is 0 Å². The number of benzene rings is 1. The number of carbonyl (C=O) groups excluding carboxylic acids is 2. The standard InChI is InChI=1S/C19H27N3O3/c1-14-13-16(25-2)8-11-22(14)19(24)20-9-12-21-10-7-15-5-3-4-6-17(15)18(21)23/h3-6,14,16H,7-13H2,1-2H3,(H,20,24)/t14-,16-/m0/s1. The third-order valence-electron chi connectivity index (χ3n) is 5.27. The van der Waals surface area contributed by atoms with Crippen LogP contribution in [0.25, 0.3) is 0 Å². The van der Waals surface area contributed by atoms with Gasteiger partial charge < -0.3 is 19.9 Å². The number of rotatable bonds is 4. The fourth-order valence-electron chi connectivity index (χ4n) is 3.73. The first-order valence-electron chi connectivity index (χ1n) is 9.04. The van der Waals surface area contributed by atoms with E-state index in [9.17, 15) is 9.59 Å². The summed E-state index contributed by atoms with van der Waals surface area (Å²) in [6, 6.07) is 7.87. The van der Waals surface area contributed by atoms with Crippen LogP contribution in [-0.4, -0.2) is 67.2 Å². The van der Waals surface area contributed by atoms with Crippen molar-refractivity contribution < 1.29 is 14.3 Å². The second kappa shape index (κ2) is 7.87. The van der Waals surface area contributed by atoms with Crippen LogP contribution in [0.1, 0.15) is 35.7 Å². The Labute approximate surface area is 149 Å². The van der Waals surface area contributed by atoms with Crippen LogP contribution < -0.4 is 5.32 Å². The van der Waals surface area contributed by atoms with E-state index in [1.54, 1.807) is 7.11 Å². The average molecular weight is 345 g/mol. The van der Waals surface area contributed by atoms with Crippen molar-refractivity contribution in [1.82, 2.24) is 15.1 Å². The van der Waals surface area contributed by atoms with Crippen LogP contribution in [-0.2, 0) is 11.2 Å². The zero-order valence-corrected chi connectivity index (χ0v) is 15.0. The number of hydrogen-bond acceptors (Lipinski definition) is 3. The van der Waals surface area contributed by atoms with Gasteiger partial charge >= 0.3 is 6.03 Å². The molecule has 25 heavy (non-hydrogen) atoms. The van der Waals surface area contributed by atoms with Crippen molar-refractivity contribution >= 4 is 11.9 Å². The van der Waals surface area contributed by atoms with Gasteiger partial charge in [0.2, 0.25) is 0 Å². The molecule has 2 aliphatic heterocycles. The zero-order valence-electron chi connectivity index (χ0n) is 15.0. The minimum absolute atomic E-state index is 0.0492. The van der Waals surface area contributed by atoms with Gasteiger partial charge in [0.05, 0.1) is 6.10 Å². The van der Waals surface area contributed by atoms with Crippen LogP contribution >= 0.6 is 0 Å². The maximum absolute atomic E-state index is 12.5. The van der Waals surface area contributed by atoms with E-state index in [2.05, 4.69) is 12.2 Å². The van der Waals surface area contributed by atoms with Crippen LogP contribution in [0, 0.1) is 0 Å². The highest BCUT2D eigenvalue weighted by molar-refractivity contribution is 5.96. The summed E-state index contributed by atoms with van der Waals surface area (Å²) >= 11 is 0. The van der Waals surface area contributed by atoms with Gasteiger partial charge in [0, 0.05) is 44.9 Å². The first kappa shape index (κ1) is 17.7. The lowest BCUT2D eigenvalue weighted by molar-refractivity contribution is 0.0292. The maximum atomic E-state index is 12.5. The molecule has 2 atom stereocenters. The molecule has 3 rings (SSSR count). The number of fused-ring (bicyclic) bond motifs is 1. The SMILES string of the molecule is CO[C@H]1CCN(C(=O)NCCN2CCc3ccccc3C2=O)[C@@H](C)C1. The Morgan fingerprint density at radius 3 is 2.88 bits per heavy atom. The quantitative estimate of drug-likeness (QED) is 0.906. The van der Waals surface area contributed by atoms with E-state index >= 15 is 0 Å². The number of ether oxygens (including phenoxy) is 1. The van der Waals surface area contributed by atoms with E-state index in [0.29, 0.717) is 26.2 Å². The molecule has 1 N–H and O–H groups in total. The lowest BCUT2D eigenvalue weighted by Gasteiger charge is -2.37. The molecule has 0 radical (unpaired) electrons. The van der Waals surface area contributed by atoms with Crippen LogP contribution in [0.3, 0.4) is 0 Å². The number of nitrogens with one attached hydrogen (secondary N) is 1. The first-order chi connectivity index (χ1) is 12.1. The summed E-state index contributed by atoms with van der Waals surface area (Å²) in [5, 5.41) is 2.96. The Hall–Kier alpha value is -2.08. The maximum Gasteiger partial charge on any atom is 0.317 e. The van der Waals surface area contributed by atoms with Crippen molar-refractivity contribution in [1.29, 1.82) is 0 Å². The Morgan fingerprint density at radius 2 is 2.12 bits per heavy atom. The minimum atomic E-state index is -0.0492. The number of hydrogen-bond donors (Lipinski definition) is 1. The van der Waals surface area contributed by atoms with Crippen LogP contribution in [0.15, 0.2) is 24.3 Å². The summed E-state index contributed by atoms with van der Waals surface area (Å²) in [7, 11) is 1.72. The molecule has 0 saturated carbocycles. The van der Waals surface area contributed by atoms with E-state index in [4.69, 9.17) is 4.74 Å². The van der Waals surface area contributed by atoms with Crippen molar-refractivity contribution in [2.45, 2.75) is 38.3 Å². The first-order valence-corrected chi connectivity index (χ1v) is 9.04. The highest BCUT2D eigenvalue weighted by Crippen LogP contribution is 2.20. The Kier molecular flexibility index (Phi) is 5.58. The largest absolute Gasteiger partial charge is 0.381 e. The van der Waals surface area contributed by atoms with Crippen molar-refractivity contribution in [2.75, 3.05) is 33.3 Å². The second-order valence-corrected chi connectivity index (χ2v) is 6.86. The fourth-order valence-corrected chi connectivity index (χ4v) is 3.73. The lowest BCUT2D eigenvalue weighted by atomic mass is 9.99. The fraction of sp³-hybridized carbons (Fsp3) is 0.579. The van der Waals surface area contributed by atoms with Crippen molar-refractivity contribution in [3.8, 4) is 0 Å². The topological polar surface area (TPSA) is 61.9 Å². The number of urea groups is 1. The summed E-state index contributed by atoms with van der Waals surface area (Å²) in [5.74, 6) is 0.0605. The third-order valence-corrected chi connectivity index (χ3v) is 5.27. The van der Waals surface area contributed by atoms with Crippen LogP contribution in [0.4, 0.5) is 4.79 Å². The normalized spacial score (nSPS) is 23.4. The number of likely N-dealkylation sites (tertiary alicyclic amines) is 1. The average Bonchev–Trinajstić information content (AvgIpc) is 2.63. The lowest BCUT2D eigenvalue weighted by Crippen LogP contribution is -2.52. The van der Waals surface area contributed by atoms with Gasteiger partial charge in [0.15, 0.2) is 0 Å². The molecule has 1 fully saturated rings. The molecule has 1 aromatic rings. The molecule has 6 nitrogen and oxygen atoms in total. The van der Waals surface area contributed by atoms with Gasteiger partial charge in [-0.25, -0.2) is 4.79 Å². The van der Waals surface area contributed by atoms with E-state index in [0.717, 1.165) is 30.4 Å². The monoisotopic (exact) mass is 345 g/mol. The predicted molar refractivity (Wildman–Crippen MR) is 95.6 cm³/mol. The summed E-state index contributed by atoms with van der Waals surface area (Å²) in [6.45, 7) is 4.49. The molecule has 0 spiro atoms. The van der Waals surface area contributed by atoms with Crippen molar-refractivity contribution in [3.63, 3.8) is 0 Å². The molecule has 6 heteroatoms.